The molecule has 6 nitrogen and oxygen atoms in total. The number of benzene rings is 2. The van der Waals surface area contributed by atoms with Gasteiger partial charge in [0.05, 0.1) is 5.69 Å². The number of hydrogen-bond donors (Lipinski definition) is 1. The maximum absolute atomic E-state index is 11.8. The number of aryl methyl sites for hydroxylation is 3. The van der Waals surface area contributed by atoms with E-state index in [1.54, 1.807) is 0 Å². The third kappa shape index (κ3) is 3.12. The molecule has 7 heteroatoms. The Morgan fingerprint density at radius 2 is 1.96 bits per heavy atom. The Kier molecular flexibility index (Phi) is 4.53. The first-order valence-corrected chi connectivity index (χ1v) is 8.25. The molecule has 24 heavy (non-hydrogen) atoms. The Morgan fingerprint density at radius 3 is 2.67 bits per heavy atom. The fourth-order valence-electron chi connectivity index (χ4n) is 2.49. The zero-order valence-electron chi connectivity index (χ0n) is 13.6. The monoisotopic (exact) mass is 388 g/mol. The summed E-state index contributed by atoms with van der Waals surface area (Å²) in [6.07, 6.45) is 0. The van der Waals surface area contributed by atoms with Crippen LogP contribution in [0.15, 0.2) is 39.6 Å². The zero-order valence-corrected chi connectivity index (χ0v) is 15.2. The van der Waals surface area contributed by atoms with E-state index in [0.29, 0.717) is 12.3 Å². The summed E-state index contributed by atoms with van der Waals surface area (Å²) >= 11 is 3.52. The molecule has 1 N–H and O–H groups in total. The van der Waals surface area contributed by atoms with Crippen LogP contribution in [0.3, 0.4) is 0 Å². The molecule has 0 fully saturated rings. The van der Waals surface area contributed by atoms with Crippen molar-refractivity contribution in [3.8, 4) is 11.4 Å². The van der Waals surface area contributed by atoms with Crippen molar-refractivity contribution in [2.45, 2.75) is 27.4 Å². The molecule has 0 atom stereocenters. The van der Waals surface area contributed by atoms with E-state index < -0.39 is 0 Å². The van der Waals surface area contributed by atoms with Gasteiger partial charge in [-0.25, -0.2) is 9.89 Å². The van der Waals surface area contributed by atoms with E-state index in [0.717, 1.165) is 32.5 Å². The lowest BCUT2D eigenvalue weighted by Crippen LogP contribution is -2.18. The minimum Gasteiger partial charge on any atom is -0.489 e. The Labute approximate surface area is 147 Å². The van der Waals surface area contributed by atoms with Crippen molar-refractivity contribution in [2.24, 2.45) is 0 Å². The zero-order chi connectivity index (χ0) is 17.3. The number of rotatable bonds is 4. The number of ether oxygens (including phenoxy) is 1. The van der Waals surface area contributed by atoms with Gasteiger partial charge in [-0.3, -0.25) is 0 Å². The number of nitrogens with one attached hydrogen (secondary N) is 1. The van der Waals surface area contributed by atoms with Crippen molar-refractivity contribution in [2.75, 3.05) is 0 Å². The van der Waals surface area contributed by atoms with Crippen molar-refractivity contribution in [3.63, 3.8) is 0 Å². The van der Waals surface area contributed by atoms with Crippen molar-refractivity contribution < 1.29 is 4.74 Å². The van der Waals surface area contributed by atoms with Crippen molar-refractivity contribution >= 4 is 15.9 Å². The van der Waals surface area contributed by atoms with Crippen LogP contribution >= 0.6 is 15.9 Å². The molecule has 1 heterocycles. The normalized spacial score (nSPS) is 10.8. The van der Waals surface area contributed by atoms with E-state index >= 15 is 0 Å². The van der Waals surface area contributed by atoms with E-state index in [4.69, 9.17) is 4.74 Å². The second-order valence-electron chi connectivity index (χ2n) is 5.65. The summed E-state index contributed by atoms with van der Waals surface area (Å²) in [6.45, 7) is 6.33. The third-order valence-electron chi connectivity index (χ3n) is 3.91. The van der Waals surface area contributed by atoms with Crippen molar-refractivity contribution in [1.82, 2.24) is 20.2 Å². The van der Waals surface area contributed by atoms with Crippen molar-refractivity contribution in [1.29, 1.82) is 0 Å². The van der Waals surface area contributed by atoms with E-state index in [1.807, 2.05) is 51.1 Å². The molecule has 0 unspecified atom stereocenters. The van der Waals surface area contributed by atoms with Gasteiger partial charge in [0.1, 0.15) is 12.4 Å². The number of H-pyrrole nitrogens is 1. The summed E-state index contributed by atoms with van der Waals surface area (Å²) in [4.78, 5) is 11.8. The van der Waals surface area contributed by atoms with Crippen LogP contribution in [-0.4, -0.2) is 20.2 Å². The molecule has 0 saturated heterocycles. The highest BCUT2D eigenvalue weighted by atomic mass is 79.9. The number of aromatic amines is 1. The summed E-state index contributed by atoms with van der Waals surface area (Å²) < 4.78 is 8.32. The lowest BCUT2D eigenvalue weighted by atomic mass is 10.1. The Bertz CT molecular complexity index is 946. The minimum absolute atomic E-state index is 0.337. The maximum Gasteiger partial charge on any atom is 0.365 e. The van der Waals surface area contributed by atoms with Gasteiger partial charge in [-0.05, 0) is 66.1 Å². The van der Waals surface area contributed by atoms with Crippen LogP contribution in [-0.2, 0) is 6.61 Å². The lowest BCUT2D eigenvalue weighted by molar-refractivity contribution is 0.302. The van der Waals surface area contributed by atoms with Crippen LogP contribution in [0.1, 0.15) is 22.3 Å². The van der Waals surface area contributed by atoms with Crippen LogP contribution in [0, 0.1) is 20.8 Å². The van der Waals surface area contributed by atoms with Crippen LogP contribution in [0.25, 0.3) is 5.69 Å². The first-order valence-electron chi connectivity index (χ1n) is 7.46. The molecular formula is C17H17BrN4O2. The molecule has 0 aliphatic heterocycles. The third-order valence-corrected chi connectivity index (χ3v) is 4.77. The lowest BCUT2D eigenvalue weighted by Gasteiger charge is -2.15. The molecule has 0 aliphatic rings. The summed E-state index contributed by atoms with van der Waals surface area (Å²) in [5.74, 6) is 0.817. The smallest absolute Gasteiger partial charge is 0.365 e. The highest BCUT2D eigenvalue weighted by Crippen LogP contribution is 2.28. The molecule has 2 aromatic carbocycles. The van der Waals surface area contributed by atoms with Gasteiger partial charge in [-0.15, -0.1) is 0 Å². The topological polar surface area (TPSA) is 72.8 Å². The van der Waals surface area contributed by atoms with E-state index in [9.17, 15) is 4.79 Å². The van der Waals surface area contributed by atoms with Gasteiger partial charge in [0.2, 0.25) is 0 Å². The number of halogens is 1. The maximum atomic E-state index is 11.8. The Morgan fingerprint density at radius 1 is 1.17 bits per heavy atom. The second-order valence-corrected chi connectivity index (χ2v) is 6.50. The molecule has 0 saturated carbocycles. The molecule has 3 rings (SSSR count). The highest BCUT2D eigenvalue weighted by molar-refractivity contribution is 9.10. The molecule has 0 aliphatic carbocycles. The Hall–Kier alpha value is -2.41. The summed E-state index contributed by atoms with van der Waals surface area (Å²) in [6, 6.07) is 9.72. The summed E-state index contributed by atoms with van der Waals surface area (Å²) in [5.41, 5.74) is 4.36. The van der Waals surface area contributed by atoms with Crippen LogP contribution in [0.4, 0.5) is 0 Å². The Balaban J connectivity index is 1.95. The largest absolute Gasteiger partial charge is 0.489 e. The van der Waals surface area contributed by atoms with Gasteiger partial charge in [0.25, 0.3) is 0 Å². The molecule has 1 aromatic heterocycles. The van der Waals surface area contributed by atoms with Gasteiger partial charge >= 0.3 is 5.69 Å². The predicted octanol–water partition coefficient (Wildman–Crippen LogP) is 3.22. The first kappa shape index (κ1) is 16.4. The second kappa shape index (κ2) is 6.60. The fraction of sp³-hybridized carbons (Fsp3) is 0.235. The molecule has 0 bridgehead atoms. The predicted molar refractivity (Wildman–Crippen MR) is 94.7 cm³/mol. The van der Waals surface area contributed by atoms with Gasteiger partial charge in [-0.1, -0.05) is 28.1 Å². The quantitative estimate of drug-likeness (QED) is 0.744. The van der Waals surface area contributed by atoms with Gasteiger partial charge in [-0.2, -0.15) is 4.68 Å². The van der Waals surface area contributed by atoms with E-state index in [1.165, 1.54) is 4.68 Å². The molecule has 0 spiro atoms. The molecule has 3 aromatic rings. The summed E-state index contributed by atoms with van der Waals surface area (Å²) in [7, 11) is 0. The summed E-state index contributed by atoms with van der Waals surface area (Å²) in [5, 5.41) is 9.69. The van der Waals surface area contributed by atoms with Crippen LogP contribution < -0.4 is 10.4 Å². The van der Waals surface area contributed by atoms with Gasteiger partial charge in [0, 0.05) is 10.0 Å². The van der Waals surface area contributed by atoms with E-state index in [2.05, 4.69) is 31.5 Å². The van der Waals surface area contributed by atoms with E-state index in [-0.39, 0.29) is 5.69 Å². The number of aromatic nitrogens is 4. The van der Waals surface area contributed by atoms with Crippen LogP contribution in [0.2, 0.25) is 0 Å². The SMILES string of the molecule is Cc1cc(OCc2c(C)cccc2-n2nn[nH]c2=O)c(C)cc1Br. The molecule has 124 valence electrons. The van der Waals surface area contributed by atoms with Gasteiger partial charge in [0.15, 0.2) is 0 Å². The highest BCUT2D eigenvalue weighted by Gasteiger charge is 2.13. The van der Waals surface area contributed by atoms with Crippen molar-refractivity contribution in [3.05, 3.63) is 67.5 Å². The number of hydrogen-bond acceptors (Lipinski definition) is 4. The molecule has 0 amide bonds. The van der Waals surface area contributed by atoms with Gasteiger partial charge < -0.3 is 4.74 Å². The number of nitrogens with zero attached hydrogens (tertiary/aromatic N) is 3. The standard InChI is InChI=1S/C17H17BrN4O2/c1-10-5-4-6-15(22-17(23)19-20-21-22)13(10)9-24-16-8-11(2)14(18)7-12(16)3/h4-8H,9H2,1-3H3,(H,19,21,23). The average Bonchev–Trinajstić information content (AvgIpc) is 2.96. The van der Waals surface area contributed by atoms with Crippen LogP contribution in [0.5, 0.6) is 5.75 Å². The first-order chi connectivity index (χ1) is 11.5. The average molecular weight is 389 g/mol. The minimum atomic E-state index is -0.377. The molecular weight excluding hydrogens is 372 g/mol. The molecule has 0 radical (unpaired) electrons. The fourth-order valence-corrected chi connectivity index (χ4v) is 2.95. The number of tetrazole rings is 1.